The molecule has 0 saturated heterocycles. The summed E-state index contributed by atoms with van der Waals surface area (Å²) in [7, 11) is 0. The van der Waals surface area contributed by atoms with Gasteiger partial charge >= 0.3 is 0 Å². The normalized spacial score (nSPS) is 11.2. The minimum atomic E-state index is -0.218. The molecule has 0 unspecified atom stereocenters. The van der Waals surface area contributed by atoms with Crippen LogP contribution in [0.3, 0.4) is 0 Å². The van der Waals surface area contributed by atoms with Gasteiger partial charge in [-0.25, -0.2) is 4.98 Å². The lowest BCUT2D eigenvalue weighted by molar-refractivity contribution is 0.0945. The molecule has 1 N–H and O–H groups in total. The predicted molar refractivity (Wildman–Crippen MR) is 86.1 cm³/mol. The lowest BCUT2D eigenvalue weighted by Crippen LogP contribution is -2.36. The highest BCUT2D eigenvalue weighted by atomic mass is 35.5. The van der Waals surface area contributed by atoms with Crippen molar-refractivity contribution >= 4 is 29.1 Å². The Kier molecular flexibility index (Phi) is 4.86. The maximum absolute atomic E-state index is 12.1. The van der Waals surface area contributed by atoms with Gasteiger partial charge in [0, 0.05) is 18.2 Å². The Morgan fingerprint density at radius 2 is 1.90 bits per heavy atom. The van der Waals surface area contributed by atoms with Crippen LogP contribution in [0.2, 0.25) is 10.2 Å². The zero-order chi connectivity index (χ0) is 15.5. The minimum Gasteiger partial charge on any atom is -0.351 e. The standard InChI is InChI=1S/C16H16Cl2N2O/c1-16(2,12-6-4-3-5-7-12)10-20-15(21)11-8-13(17)14(18)19-9-11/h3-9H,10H2,1-2H3,(H,20,21). The molecule has 0 aliphatic rings. The zero-order valence-corrected chi connectivity index (χ0v) is 13.4. The summed E-state index contributed by atoms with van der Waals surface area (Å²) in [6, 6.07) is 11.6. The van der Waals surface area contributed by atoms with Crippen molar-refractivity contribution in [2.45, 2.75) is 19.3 Å². The Bertz CT molecular complexity index is 642. The molecule has 5 heteroatoms. The molecule has 0 atom stereocenters. The molecule has 0 aliphatic carbocycles. The summed E-state index contributed by atoms with van der Waals surface area (Å²) in [5.41, 5.74) is 1.39. The van der Waals surface area contributed by atoms with E-state index in [4.69, 9.17) is 23.2 Å². The Balaban J connectivity index is 2.05. The first-order valence-corrected chi connectivity index (χ1v) is 7.30. The second kappa shape index (κ2) is 6.46. The summed E-state index contributed by atoms with van der Waals surface area (Å²) in [5, 5.41) is 3.37. The summed E-state index contributed by atoms with van der Waals surface area (Å²) in [6.45, 7) is 4.67. The van der Waals surface area contributed by atoms with Gasteiger partial charge < -0.3 is 5.32 Å². The molecule has 0 spiro atoms. The van der Waals surface area contributed by atoms with E-state index in [-0.39, 0.29) is 21.5 Å². The molecular formula is C16H16Cl2N2O. The highest BCUT2D eigenvalue weighted by Crippen LogP contribution is 2.22. The molecule has 1 aromatic heterocycles. The summed E-state index contributed by atoms with van der Waals surface area (Å²) < 4.78 is 0. The van der Waals surface area contributed by atoms with E-state index in [1.165, 1.54) is 12.3 Å². The summed E-state index contributed by atoms with van der Waals surface area (Å²) >= 11 is 11.6. The van der Waals surface area contributed by atoms with Gasteiger partial charge in [-0.05, 0) is 11.6 Å². The van der Waals surface area contributed by atoms with Crippen LogP contribution >= 0.6 is 23.2 Å². The first kappa shape index (κ1) is 15.8. The molecule has 1 amide bonds. The van der Waals surface area contributed by atoms with E-state index in [0.29, 0.717) is 12.1 Å². The van der Waals surface area contributed by atoms with Gasteiger partial charge in [-0.1, -0.05) is 67.4 Å². The van der Waals surface area contributed by atoms with E-state index < -0.39 is 0 Å². The van der Waals surface area contributed by atoms with Crippen molar-refractivity contribution in [3.05, 3.63) is 63.9 Å². The number of rotatable bonds is 4. The van der Waals surface area contributed by atoms with Crippen LogP contribution in [0.1, 0.15) is 29.8 Å². The molecule has 0 aliphatic heterocycles. The average molecular weight is 323 g/mol. The van der Waals surface area contributed by atoms with Crippen LogP contribution in [0.5, 0.6) is 0 Å². The fourth-order valence-electron chi connectivity index (χ4n) is 1.94. The van der Waals surface area contributed by atoms with Crippen LogP contribution in [0.4, 0.5) is 0 Å². The number of hydrogen-bond acceptors (Lipinski definition) is 2. The quantitative estimate of drug-likeness (QED) is 0.861. The maximum atomic E-state index is 12.1. The van der Waals surface area contributed by atoms with Crippen molar-refractivity contribution < 1.29 is 4.79 Å². The van der Waals surface area contributed by atoms with Crippen molar-refractivity contribution in [1.29, 1.82) is 0 Å². The minimum absolute atomic E-state index is 0.166. The third kappa shape index (κ3) is 3.96. The molecule has 2 rings (SSSR count). The second-order valence-electron chi connectivity index (χ2n) is 5.43. The maximum Gasteiger partial charge on any atom is 0.252 e. The van der Waals surface area contributed by atoms with Gasteiger partial charge in [0.25, 0.3) is 5.91 Å². The number of halogens is 2. The highest BCUT2D eigenvalue weighted by molar-refractivity contribution is 6.41. The number of carbonyl (C=O) groups is 1. The Labute approximate surface area is 134 Å². The van der Waals surface area contributed by atoms with E-state index in [1.807, 2.05) is 30.3 Å². The molecule has 0 saturated carbocycles. The average Bonchev–Trinajstić information content (AvgIpc) is 2.48. The molecule has 21 heavy (non-hydrogen) atoms. The third-order valence-corrected chi connectivity index (χ3v) is 3.99. The van der Waals surface area contributed by atoms with Gasteiger partial charge in [0.05, 0.1) is 10.6 Å². The van der Waals surface area contributed by atoms with Crippen LogP contribution in [-0.2, 0) is 5.41 Å². The van der Waals surface area contributed by atoms with Gasteiger partial charge in [0.15, 0.2) is 0 Å². The molecule has 0 radical (unpaired) electrons. The van der Waals surface area contributed by atoms with Gasteiger partial charge in [-0.2, -0.15) is 0 Å². The van der Waals surface area contributed by atoms with E-state index in [0.717, 1.165) is 5.56 Å². The first-order chi connectivity index (χ1) is 9.90. The molecule has 3 nitrogen and oxygen atoms in total. The van der Waals surface area contributed by atoms with Crippen molar-refractivity contribution in [3.63, 3.8) is 0 Å². The number of nitrogens with zero attached hydrogens (tertiary/aromatic N) is 1. The number of carbonyl (C=O) groups excluding carboxylic acids is 1. The summed E-state index contributed by atoms with van der Waals surface area (Å²) in [6.07, 6.45) is 1.42. The van der Waals surface area contributed by atoms with Crippen LogP contribution in [0, 0.1) is 0 Å². The molecule has 2 aromatic rings. The smallest absolute Gasteiger partial charge is 0.252 e. The number of nitrogens with one attached hydrogen (secondary N) is 1. The number of benzene rings is 1. The molecule has 1 heterocycles. The summed E-state index contributed by atoms with van der Waals surface area (Å²) in [4.78, 5) is 16.0. The van der Waals surface area contributed by atoms with E-state index in [9.17, 15) is 4.79 Å². The predicted octanol–water partition coefficient (Wildman–Crippen LogP) is 4.10. The van der Waals surface area contributed by atoms with Crippen molar-refractivity contribution in [1.82, 2.24) is 10.3 Å². The largest absolute Gasteiger partial charge is 0.351 e. The third-order valence-electron chi connectivity index (χ3n) is 3.30. The molecule has 110 valence electrons. The van der Waals surface area contributed by atoms with Crippen LogP contribution in [0.15, 0.2) is 42.6 Å². The van der Waals surface area contributed by atoms with Crippen LogP contribution < -0.4 is 5.32 Å². The van der Waals surface area contributed by atoms with Gasteiger partial charge in [-0.3, -0.25) is 4.79 Å². The Morgan fingerprint density at radius 3 is 2.52 bits per heavy atom. The van der Waals surface area contributed by atoms with Crippen LogP contribution in [0.25, 0.3) is 0 Å². The van der Waals surface area contributed by atoms with Crippen molar-refractivity contribution in [2.75, 3.05) is 6.54 Å². The van der Waals surface area contributed by atoms with Crippen LogP contribution in [-0.4, -0.2) is 17.4 Å². The first-order valence-electron chi connectivity index (χ1n) is 6.55. The summed E-state index contributed by atoms with van der Waals surface area (Å²) in [5.74, 6) is -0.218. The Hall–Kier alpha value is -1.58. The highest BCUT2D eigenvalue weighted by Gasteiger charge is 2.21. The lowest BCUT2D eigenvalue weighted by Gasteiger charge is -2.25. The monoisotopic (exact) mass is 322 g/mol. The van der Waals surface area contributed by atoms with Crippen molar-refractivity contribution in [2.24, 2.45) is 0 Å². The fourth-order valence-corrected chi connectivity index (χ4v) is 2.21. The Morgan fingerprint density at radius 1 is 1.24 bits per heavy atom. The molecule has 0 bridgehead atoms. The van der Waals surface area contributed by atoms with E-state index in [2.05, 4.69) is 24.1 Å². The molecular weight excluding hydrogens is 307 g/mol. The molecule has 1 aromatic carbocycles. The van der Waals surface area contributed by atoms with E-state index >= 15 is 0 Å². The molecule has 0 fully saturated rings. The van der Waals surface area contributed by atoms with Gasteiger partial charge in [0.1, 0.15) is 5.15 Å². The number of pyridine rings is 1. The SMILES string of the molecule is CC(C)(CNC(=O)c1cnc(Cl)c(Cl)c1)c1ccccc1. The zero-order valence-electron chi connectivity index (χ0n) is 11.9. The topological polar surface area (TPSA) is 42.0 Å². The van der Waals surface area contributed by atoms with Gasteiger partial charge in [-0.15, -0.1) is 0 Å². The fraction of sp³-hybridized carbons (Fsp3) is 0.250. The number of aromatic nitrogens is 1. The van der Waals surface area contributed by atoms with Gasteiger partial charge in [0.2, 0.25) is 0 Å². The number of amides is 1. The second-order valence-corrected chi connectivity index (χ2v) is 6.19. The van der Waals surface area contributed by atoms with E-state index in [1.54, 1.807) is 0 Å². The number of hydrogen-bond donors (Lipinski definition) is 1. The lowest BCUT2D eigenvalue weighted by atomic mass is 9.84. The van der Waals surface area contributed by atoms with Crippen molar-refractivity contribution in [3.8, 4) is 0 Å².